The molecule has 2 aromatic rings. The van der Waals surface area contributed by atoms with Gasteiger partial charge in [0.25, 0.3) is 5.91 Å². The van der Waals surface area contributed by atoms with E-state index in [9.17, 15) is 14.9 Å². The van der Waals surface area contributed by atoms with Crippen LogP contribution in [0.4, 0.5) is 5.69 Å². The Morgan fingerprint density at radius 3 is 2.58 bits per heavy atom. The first kappa shape index (κ1) is 18.0. The zero-order chi connectivity index (χ0) is 18.8. The molecule has 0 spiro atoms. The van der Waals surface area contributed by atoms with E-state index < -0.39 is 16.5 Å². The molecule has 0 unspecified atom stereocenters. The molecule has 0 atom stereocenters. The van der Waals surface area contributed by atoms with Gasteiger partial charge in [-0.2, -0.15) is 0 Å². The number of hydrogen-bond donors (Lipinski definition) is 0. The lowest BCUT2D eigenvalue weighted by atomic mass is 10.1. The van der Waals surface area contributed by atoms with Crippen LogP contribution in [0.5, 0.6) is 17.2 Å². The molecule has 3 rings (SSSR count). The van der Waals surface area contributed by atoms with Crippen LogP contribution in [0, 0.1) is 10.1 Å². The Balaban J connectivity index is 2.08. The van der Waals surface area contributed by atoms with Crippen LogP contribution < -0.4 is 14.2 Å². The number of hydrogen-bond acceptors (Lipinski definition) is 7. The van der Waals surface area contributed by atoms with Crippen molar-refractivity contribution in [2.75, 3.05) is 27.9 Å². The van der Waals surface area contributed by atoms with Gasteiger partial charge in [-0.15, -0.1) is 11.3 Å². The van der Waals surface area contributed by atoms with Crippen molar-refractivity contribution in [2.24, 2.45) is 0 Å². The molecule has 1 aliphatic heterocycles. The van der Waals surface area contributed by atoms with Crippen molar-refractivity contribution in [3.8, 4) is 17.2 Å². The second-order valence-electron chi connectivity index (χ2n) is 5.64. The molecule has 138 valence electrons. The van der Waals surface area contributed by atoms with Crippen LogP contribution >= 0.6 is 11.3 Å². The van der Waals surface area contributed by atoms with Crippen LogP contribution in [0.3, 0.4) is 0 Å². The number of ether oxygens (including phenoxy) is 3. The number of carbonyl (C=O) groups is 1. The highest BCUT2D eigenvalue weighted by Crippen LogP contribution is 2.46. The Labute approximate surface area is 154 Å². The highest BCUT2D eigenvalue weighted by molar-refractivity contribution is 7.10. The van der Waals surface area contributed by atoms with Gasteiger partial charge < -0.3 is 19.1 Å². The van der Waals surface area contributed by atoms with Crippen molar-refractivity contribution in [3.05, 3.63) is 43.6 Å². The third-order valence-corrected chi connectivity index (χ3v) is 5.33. The van der Waals surface area contributed by atoms with Gasteiger partial charge in [-0.3, -0.25) is 14.9 Å². The normalized spacial score (nSPS) is 13.1. The average molecular weight is 378 g/mol. The highest BCUT2D eigenvalue weighted by Gasteiger charge is 2.35. The summed E-state index contributed by atoms with van der Waals surface area (Å²) in [5.41, 5.74) is 0.569. The molecule has 1 aromatic carbocycles. The van der Waals surface area contributed by atoms with Gasteiger partial charge in [0.05, 0.1) is 26.3 Å². The van der Waals surface area contributed by atoms with Gasteiger partial charge >= 0.3 is 5.69 Å². The summed E-state index contributed by atoms with van der Waals surface area (Å²) in [6, 6.07) is 3.31. The molecule has 2 heterocycles. The average Bonchev–Trinajstić information content (AvgIpc) is 3.12. The number of methoxy groups -OCH3 is 3. The minimum atomic E-state index is -0.631. The number of fused-ring (bicyclic) bond motifs is 1. The highest BCUT2D eigenvalue weighted by atomic mass is 32.1. The Bertz CT molecular complexity index is 863. The number of carbonyl (C=O) groups excluding carboxylic acids is 1. The Morgan fingerprint density at radius 1 is 1.23 bits per heavy atom. The molecule has 8 nitrogen and oxygen atoms in total. The summed E-state index contributed by atoms with van der Waals surface area (Å²) in [5.74, 6) is -0.287. The van der Waals surface area contributed by atoms with Crippen LogP contribution in [-0.2, 0) is 13.0 Å². The molecule has 1 amide bonds. The van der Waals surface area contributed by atoms with E-state index in [2.05, 4.69) is 0 Å². The topological polar surface area (TPSA) is 91.1 Å². The molecule has 0 saturated carbocycles. The smallest absolute Gasteiger partial charge is 0.327 e. The van der Waals surface area contributed by atoms with Crippen LogP contribution in [0.25, 0.3) is 0 Å². The Morgan fingerprint density at radius 2 is 1.96 bits per heavy atom. The van der Waals surface area contributed by atoms with Crippen LogP contribution in [0.1, 0.15) is 20.8 Å². The number of rotatable bonds is 5. The predicted octanol–water partition coefficient (Wildman–Crippen LogP) is 2.88. The Kier molecular flexibility index (Phi) is 4.99. The summed E-state index contributed by atoms with van der Waals surface area (Å²) in [6.07, 6.45) is 0.733. The Hall–Kier alpha value is -2.81. The van der Waals surface area contributed by atoms with E-state index in [1.165, 1.54) is 32.3 Å². The molecule has 26 heavy (non-hydrogen) atoms. The summed E-state index contributed by atoms with van der Waals surface area (Å²) in [4.78, 5) is 27.0. The molecule has 9 heteroatoms. The van der Waals surface area contributed by atoms with E-state index in [1.807, 2.05) is 11.4 Å². The van der Waals surface area contributed by atoms with Gasteiger partial charge in [-0.25, -0.2) is 0 Å². The van der Waals surface area contributed by atoms with Crippen LogP contribution in [0.15, 0.2) is 17.5 Å². The van der Waals surface area contributed by atoms with E-state index >= 15 is 0 Å². The second kappa shape index (κ2) is 7.20. The van der Waals surface area contributed by atoms with Gasteiger partial charge in [0.1, 0.15) is 5.56 Å². The fourth-order valence-corrected chi connectivity index (χ4v) is 3.97. The van der Waals surface area contributed by atoms with Gasteiger partial charge in [-0.05, 0) is 23.4 Å². The maximum absolute atomic E-state index is 13.1. The number of benzene rings is 1. The van der Waals surface area contributed by atoms with Crippen molar-refractivity contribution < 1.29 is 23.9 Å². The zero-order valence-electron chi connectivity index (χ0n) is 14.6. The molecular weight excluding hydrogens is 360 g/mol. The van der Waals surface area contributed by atoms with Crippen molar-refractivity contribution in [2.45, 2.75) is 13.0 Å². The van der Waals surface area contributed by atoms with Crippen molar-refractivity contribution in [1.29, 1.82) is 0 Å². The quantitative estimate of drug-likeness (QED) is 0.587. The van der Waals surface area contributed by atoms with Crippen molar-refractivity contribution in [3.63, 3.8) is 0 Å². The molecule has 0 N–H and O–H groups in total. The van der Waals surface area contributed by atoms with Gasteiger partial charge in [0.2, 0.25) is 11.5 Å². The summed E-state index contributed by atoms with van der Waals surface area (Å²) < 4.78 is 15.6. The maximum Gasteiger partial charge on any atom is 0.327 e. The summed E-state index contributed by atoms with van der Waals surface area (Å²) >= 11 is 1.66. The van der Waals surface area contributed by atoms with Gasteiger partial charge in [-0.1, -0.05) is 0 Å². The van der Waals surface area contributed by atoms with Gasteiger partial charge in [0.15, 0.2) is 5.75 Å². The molecule has 0 fully saturated rings. The molecule has 0 bridgehead atoms. The molecule has 1 aromatic heterocycles. The van der Waals surface area contributed by atoms with Crippen LogP contribution in [-0.4, -0.2) is 43.6 Å². The summed E-state index contributed by atoms with van der Waals surface area (Å²) in [6.45, 7) is 0.922. The largest absolute Gasteiger partial charge is 0.493 e. The lowest BCUT2D eigenvalue weighted by Crippen LogP contribution is -2.35. The van der Waals surface area contributed by atoms with E-state index in [0.29, 0.717) is 13.1 Å². The van der Waals surface area contributed by atoms with E-state index in [-0.39, 0.29) is 22.8 Å². The van der Waals surface area contributed by atoms with Crippen molar-refractivity contribution in [1.82, 2.24) is 4.90 Å². The van der Waals surface area contributed by atoms with E-state index in [1.54, 1.807) is 16.2 Å². The summed E-state index contributed by atoms with van der Waals surface area (Å²) in [7, 11) is 4.04. The molecule has 0 aliphatic carbocycles. The van der Waals surface area contributed by atoms with E-state index in [0.717, 1.165) is 12.0 Å². The maximum atomic E-state index is 13.1. The number of nitro groups is 1. The monoisotopic (exact) mass is 378 g/mol. The predicted molar refractivity (Wildman–Crippen MR) is 95.5 cm³/mol. The lowest BCUT2D eigenvalue weighted by molar-refractivity contribution is -0.386. The first-order valence-electron chi connectivity index (χ1n) is 7.83. The third-order valence-electron chi connectivity index (χ3n) is 4.31. The fourth-order valence-electron chi connectivity index (χ4n) is 3.08. The first-order valence-corrected chi connectivity index (χ1v) is 8.71. The minimum absolute atomic E-state index is 0.0804. The lowest BCUT2D eigenvalue weighted by Gasteiger charge is -2.27. The third kappa shape index (κ3) is 2.94. The minimum Gasteiger partial charge on any atom is -0.493 e. The number of thiophene rings is 1. The second-order valence-corrected chi connectivity index (χ2v) is 6.64. The first-order chi connectivity index (χ1) is 12.5. The molecule has 0 radical (unpaired) electrons. The fraction of sp³-hybridized carbons (Fsp3) is 0.353. The molecular formula is C17H18N2O6S. The zero-order valence-corrected chi connectivity index (χ0v) is 15.4. The number of amides is 1. The standard InChI is InChI=1S/C17H18N2O6S/c1-23-12-8-11(14(19(21)22)16(25-3)15(12)24-2)17(20)18-6-4-13-10(9-18)5-7-26-13/h5,7-8H,4,6,9H2,1-3H3. The van der Waals surface area contributed by atoms with Gasteiger partial charge in [0, 0.05) is 24.0 Å². The van der Waals surface area contributed by atoms with Crippen LogP contribution in [0.2, 0.25) is 0 Å². The number of nitrogens with zero attached hydrogens (tertiary/aromatic N) is 2. The van der Waals surface area contributed by atoms with Crippen molar-refractivity contribution >= 4 is 22.9 Å². The SMILES string of the molecule is COc1cc(C(=O)N2CCc3sccc3C2)c([N+](=O)[O-])c(OC)c1OC. The molecule has 1 aliphatic rings. The summed E-state index contributed by atoms with van der Waals surface area (Å²) in [5, 5.41) is 13.7. The van der Waals surface area contributed by atoms with E-state index in [4.69, 9.17) is 14.2 Å². The molecule has 0 saturated heterocycles. The number of nitro benzene ring substituents is 1.